The van der Waals surface area contributed by atoms with E-state index >= 15 is 0 Å². The third-order valence-electron chi connectivity index (χ3n) is 2.84. The molecular weight excluding hydrogens is 270 g/mol. The second kappa shape index (κ2) is 6.91. The van der Waals surface area contributed by atoms with Crippen LogP contribution >= 0.6 is 12.6 Å². The standard InChI is InChI=1S/C16H15NO2S/c18-16(19)14(11-20)17-15(12-7-3-1-4-8-12)13-9-5-2-6-10-13/h1-10,14,20H,11H2,(H,18,19). The summed E-state index contributed by atoms with van der Waals surface area (Å²) >= 11 is 4.07. The first-order valence-electron chi connectivity index (χ1n) is 6.24. The Morgan fingerprint density at radius 1 is 1.00 bits per heavy atom. The van der Waals surface area contributed by atoms with Gasteiger partial charge in [-0.15, -0.1) is 0 Å². The fraction of sp³-hybridized carbons (Fsp3) is 0.125. The lowest BCUT2D eigenvalue weighted by atomic mass is 10.0. The van der Waals surface area contributed by atoms with E-state index in [1.165, 1.54) is 0 Å². The van der Waals surface area contributed by atoms with Crippen LogP contribution in [0.4, 0.5) is 0 Å². The van der Waals surface area contributed by atoms with Crippen LogP contribution in [-0.4, -0.2) is 28.6 Å². The monoisotopic (exact) mass is 285 g/mol. The second-order valence-electron chi connectivity index (χ2n) is 4.25. The minimum absolute atomic E-state index is 0.165. The summed E-state index contributed by atoms with van der Waals surface area (Å²) in [5.41, 5.74) is 2.46. The molecule has 0 aromatic heterocycles. The molecule has 3 nitrogen and oxygen atoms in total. The molecule has 0 heterocycles. The average molecular weight is 285 g/mol. The fourth-order valence-corrected chi connectivity index (χ4v) is 2.08. The van der Waals surface area contributed by atoms with Crippen molar-refractivity contribution in [3.63, 3.8) is 0 Å². The Morgan fingerprint density at radius 2 is 1.45 bits per heavy atom. The molecule has 0 saturated heterocycles. The largest absolute Gasteiger partial charge is 0.480 e. The summed E-state index contributed by atoms with van der Waals surface area (Å²) in [5, 5.41) is 9.16. The number of hydrogen-bond donors (Lipinski definition) is 2. The first-order chi connectivity index (χ1) is 9.72. The molecule has 2 aromatic rings. The van der Waals surface area contributed by atoms with Crippen LogP contribution in [0.2, 0.25) is 0 Å². The number of aliphatic imine (C=N–C) groups is 1. The van der Waals surface area contributed by atoms with Crippen molar-refractivity contribution < 1.29 is 9.90 Å². The SMILES string of the molecule is O=C(O)C(CS)N=C(c1ccccc1)c1ccccc1. The lowest BCUT2D eigenvalue weighted by molar-refractivity contribution is -0.137. The Labute approximate surface area is 123 Å². The van der Waals surface area contributed by atoms with Crippen LogP contribution in [-0.2, 0) is 4.79 Å². The molecule has 4 heteroatoms. The lowest BCUT2D eigenvalue weighted by Gasteiger charge is -2.11. The van der Waals surface area contributed by atoms with Crippen LogP contribution in [0.25, 0.3) is 0 Å². The van der Waals surface area contributed by atoms with Gasteiger partial charge in [0.2, 0.25) is 0 Å². The number of carboxylic acids is 1. The summed E-state index contributed by atoms with van der Waals surface area (Å²) in [6.45, 7) is 0. The first kappa shape index (κ1) is 14.3. The number of carboxylic acid groups (broad SMARTS) is 1. The van der Waals surface area contributed by atoms with Gasteiger partial charge in [0, 0.05) is 16.9 Å². The Morgan fingerprint density at radius 3 is 1.80 bits per heavy atom. The third-order valence-corrected chi connectivity index (χ3v) is 3.18. The molecule has 0 spiro atoms. The molecule has 20 heavy (non-hydrogen) atoms. The number of rotatable bonds is 5. The Hall–Kier alpha value is -2.07. The highest BCUT2D eigenvalue weighted by Crippen LogP contribution is 2.13. The molecular formula is C16H15NO2S. The van der Waals surface area contributed by atoms with Crippen LogP contribution in [0.3, 0.4) is 0 Å². The van der Waals surface area contributed by atoms with Gasteiger partial charge in [0.05, 0.1) is 5.71 Å². The normalized spacial score (nSPS) is 11.7. The van der Waals surface area contributed by atoms with Crippen molar-refractivity contribution in [1.82, 2.24) is 0 Å². The lowest BCUT2D eigenvalue weighted by Crippen LogP contribution is -2.22. The van der Waals surface area contributed by atoms with Gasteiger partial charge in [0.15, 0.2) is 6.04 Å². The van der Waals surface area contributed by atoms with Gasteiger partial charge in [-0.1, -0.05) is 60.7 Å². The van der Waals surface area contributed by atoms with Gasteiger partial charge in [-0.05, 0) is 0 Å². The van der Waals surface area contributed by atoms with Crippen molar-refractivity contribution >= 4 is 24.3 Å². The molecule has 102 valence electrons. The highest BCUT2D eigenvalue weighted by atomic mass is 32.1. The predicted octanol–water partition coefficient (Wildman–Crippen LogP) is 2.91. The van der Waals surface area contributed by atoms with Crippen molar-refractivity contribution in [2.75, 3.05) is 5.75 Å². The smallest absolute Gasteiger partial charge is 0.329 e. The Kier molecular flexibility index (Phi) is 4.96. The van der Waals surface area contributed by atoms with E-state index in [0.29, 0.717) is 5.71 Å². The quantitative estimate of drug-likeness (QED) is 0.655. The molecule has 1 unspecified atom stereocenters. The summed E-state index contributed by atoms with van der Waals surface area (Å²) in [6.07, 6.45) is 0. The summed E-state index contributed by atoms with van der Waals surface area (Å²) in [7, 11) is 0. The molecule has 0 fully saturated rings. The topological polar surface area (TPSA) is 49.7 Å². The van der Waals surface area contributed by atoms with E-state index in [0.717, 1.165) is 11.1 Å². The molecule has 1 N–H and O–H groups in total. The van der Waals surface area contributed by atoms with Gasteiger partial charge in [-0.25, -0.2) is 4.79 Å². The van der Waals surface area contributed by atoms with Crippen LogP contribution in [0.5, 0.6) is 0 Å². The number of benzene rings is 2. The third kappa shape index (κ3) is 3.48. The molecule has 2 rings (SSSR count). The van der Waals surface area contributed by atoms with Crippen molar-refractivity contribution in [2.45, 2.75) is 6.04 Å². The summed E-state index contributed by atoms with van der Waals surface area (Å²) in [4.78, 5) is 15.5. The summed E-state index contributed by atoms with van der Waals surface area (Å²) in [6, 6.07) is 18.3. The van der Waals surface area contributed by atoms with E-state index in [9.17, 15) is 4.79 Å². The van der Waals surface area contributed by atoms with Gasteiger partial charge in [-0.2, -0.15) is 12.6 Å². The van der Waals surface area contributed by atoms with Crippen molar-refractivity contribution in [3.8, 4) is 0 Å². The van der Waals surface area contributed by atoms with Gasteiger partial charge >= 0.3 is 5.97 Å². The van der Waals surface area contributed by atoms with Crippen LogP contribution < -0.4 is 0 Å². The predicted molar refractivity (Wildman–Crippen MR) is 83.8 cm³/mol. The Bertz CT molecular complexity index is 555. The van der Waals surface area contributed by atoms with Crippen LogP contribution in [0.15, 0.2) is 65.7 Å². The summed E-state index contributed by atoms with van der Waals surface area (Å²) in [5.74, 6) is -0.803. The van der Waals surface area contributed by atoms with E-state index in [-0.39, 0.29) is 5.75 Å². The maximum Gasteiger partial charge on any atom is 0.329 e. The number of carbonyl (C=O) groups is 1. The Balaban J connectivity index is 2.50. The zero-order valence-corrected chi connectivity index (χ0v) is 11.7. The van der Waals surface area contributed by atoms with Crippen molar-refractivity contribution in [2.24, 2.45) is 4.99 Å². The highest BCUT2D eigenvalue weighted by Gasteiger charge is 2.16. The highest BCUT2D eigenvalue weighted by molar-refractivity contribution is 7.80. The minimum atomic E-state index is -0.968. The molecule has 0 aliphatic rings. The van der Waals surface area contributed by atoms with Gasteiger partial charge in [0.25, 0.3) is 0 Å². The minimum Gasteiger partial charge on any atom is -0.480 e. The van der Waals surface area contributed by atoms with E-state index < -0.39 is 12.0 Å². The molecule has 0 bridgehead atoms. The van der Waals surface area contributed by atoms with E-state index in [2.05, 4.69) is 17.6 Å². The van der Waals surface area contributed by atoms with Gasteiger partial charge in [-0.3, -0.25) is 4.99 Å². The molecule has 1 atom stereocenters. The molecule has 0 aliphatic carbocycles. The molecule has 0 saturated carbocycles. The van der Waals surface area contributed by atoms with E-state index in [4.69, 9.17) is 5.11 Å². The number of nitrogens with zero attached hydrogens (tertiary/aromatic N) is 1. The maximum atomic E-state index is 11.2. The number of thiol groups is 1. The molecule has 0 radical (unpaired) electrons. The molecule has 2 aromatic carbocycles. The molecule has 0 aliphatic heterocycles. The van der Waals surface area contributed by atoms with Crippen LogP contribution in [0.1, 0.15) is 11.1 Å². The number of hydrogen-bond acceptors (Lipinski definition) is 3. The number of aliphatic carboxylic acids is 1. The summed E-state index contributed by atoms with van der Waals surface area (Å²) < 4.78 is 0. The second-order valence-corrected chi connectivity index (χ2v) is 4.61. The van der Waals surface area contributed by atoms with Crippen LogP contribution in [0, 0.1) is 0 Å². The van der Waals surface area contributed by atoms with Gasteiger partial charge in [0.1, 0.15) is 0 Å². The van der Waals surface area contributed by atoms with E-state index in [1.807, 2.05) is 60.7 Å². The fourth-order valence-electron chi connectivity index (χ4n) is 1.84. The first-order valence-corrected chi connectivity index (χ1v) is 6.88. The molecule has 0 amide bonds. The van der Waals surface area contributed by atoms with E-state index in [1.54, 1.807) is 0 Å². The average Bonchev–Trinajstić information content (AvgIpc) is 2.50. The zero-order valence-electron chi connectivity index (χ0n) is 10.8. The van der Waals surface area contributed by atoms with Crippen molar-refractivity contribution in [1.29, 1.82) is 0 Å². The van der Waals surface area contributed by atoms with Gasteiger partial charge < -0.3 is 5.11 Å². The van der Waals surface area contributed by atoms with Crippen molar-refractivity contribution in [3.05, 3.63) is 71.8 Å². The zero-order chi connectivity index (χ0) is 14.4. The maximum absolute atomic E-state index is 11.2.